The Hall–Kier alpha value is -1.14. The maximum Gasteiger partial charge on any atom is 0.320 e. The van der Waals surface area contributed by atoms with Gasteiger partial charge in [0.2, 0.25) is 5.91 Å². The van der Waals surface area contributed by atoms with Gasteiger partial charge in [0.1, 0.15) is 6.04 Å². The fourth-order valence-electron chi connectivity index (χ4n) is 1.99. The Morgan fingerprint density at radius 3 is 2.22 bits per heavy atom. The third-order valence-corrected chi connectivity index (χ3v) is 3.34. The summed E-state index contributed by atoms with van der Waals surface area (Å²) in [6.07, 6.45) is 0.529. The molecule has 0 aromatic rings. The highest BCUT2D eigenvalue weighted by Crippen LogP contribution is 2.08. The lowest BCUT2D eigenvalue weighted by atomic mass is 10.2. The molecule has 0 aliphatic carbocycles. The highest BCUT2D eigenvalue weighted by molar-refractivity contribution is 5.76. The first-order chi connectivity index (χ1) is 8.41. The molecule has 6 heteroatoms. The number of piperazine rings is 1. The van der Waals surface area contributed by atoms with E-state index < -0.39 is 12.0 Å². The normalized spacial score (nSPS) is 19.0. The van der Waals surface area contributed by atoms with Gasteiger partial charge in [-0.25, -0.2) is 0 Å². The van der Waals surface area contributed by atoms with Crippen LogP contribution >= 0.6 is 0 Å². The van der Waals surface area contributed by atoms with Crippen LogP contribution in [0.3, 0.4) is 0 Å². The number of carbonyl (C=O) groups is 2. The van der Waals surface area contributed by atoms with E-state index in [-0.39, 0.29) is 5.91 Å². The van der Waals surface area contributed by atoms with Gasteiger partial charge in [0.15, 0.2) is 0 Å². The van der Waals surface area contributed by atoms with Crippen molar-refractivity contribution >= 4 is 11.9 Å². The highest BCUT2D eigenvalue weighted by Gasteiger charge is 2.26. The van der Waals surface area contributed by atoms with E-state index in [0.717, 1.165) is 6.54 Å². The van der Waals surface area contributed by atoms with Gasteiger partial charge in [-0.05, 0) is 21.0 Å². The zero-order valence-corrected chi connectivity index (χ0v) is 11.4. The van der Waals surface area contributed by atoms with Crippen LogP contribution < -0.4 is 0 Å². The number of rotatable bonds is 5. The molecule has 1 N–H and O–H groups in total. The van der Waals surface area contributed by atoms with E-state index in [1.165, 1.54) is 0 Å². The molecule has 1 aliphatic rings. The maximum atomic E-state index is 11.9. The predicted molar refractivity (Wildman–Crippen MR) is 68.4 cm³/mol. The van der Waals surface area contributed by atoms with Crippen LogP contribution in [0.5, 0.6) is 0 Å². The molecule has 1 atom stereocenters. The van der Waals surface area contributed by atoms with E-state index >= 15 is 0 Å². The van der Waals surface area contributed by atoms with Crippen LogP contribution in [0.1, 0.15) is 13.3 Å². The summed E-state index contributed by atoms with van der Waals surface area (Å²) in [6, 6.07) is -0.468. The summed E-state index contributed by atoms with van der Waals surface area (Å²) in [6.45, 7) is 4.98. The van der Waals surface area contributed by atoms with Gasteiger partial charge in [-0.2, -0.15) is 0 Å². The topological polar surface area (TPSA) is 64.1 Å². The maximum absolute atomic E-state index is 11.9. The second-order valence-electron chi connectivity index (χ2n) is 4.98. The van der Waals surface area contributed by atoms with Crippen LogP contribution in [0.4, 0.5) is 0 Å². The van der Waals surface area contributed by atoms with Crippen LogP contribution in [0.2, 0.25) is 0 Å². The quantitative estimate of drug-likeness (QED) is 0.723. The molecule has 6 nitrogen and oxygen atoms in total. The minimum absolute atomic E-state index is 0.159. The zero-order valence-electron chi connectivity index (χ0n) is 11.4. The average Bonchev–Trinajstić information content (AvgIpc) is 2.35. The van der Waals surface area contributed by atoms with E-state index in [9.17, 15) is 9.59 Å². The molecule has 1 amide bonds. The van der Waals surface area contributed by atoms with Crippen molar-refractivity contribution in [2.75, 3.05) is 46.8 Å². The molecule has 0 bridgehead atoms. The van der Waals surface area contributed by atoms with Gasteiger partial charge in [-0.15, -0.1) is 0 Å². The third kappa shape index (κ3) is 4.27. The number of carboxylic acids is 1. The Morgan fingerprint density at radius 2 is 1.78 bits per heavy atom. The fraction of sp³-hybridized carbons (Fsp3) is 0.833. The minimum atomic E-state index is -0.803. The van der Waals surface area contributed by atoms with Gasteiger partial charge in [0.05, 0.1) is 0 Å². The number of carboxylic acid groups (broad SMARTS) is 1. The van der Waals surface area contributed by atoms with Crippen LogP contribution in [0, 0.1) is 0 Å². The summed E-state index contributed by atoms with van der Waals surface area (Å²) >= 11 is 0. The third-order valence-electron chi connectivity index (χ3n) is 3.34. The Bertz CT molecular complexity index is 299. The Kier molecular flexibility index (Phi) is 5.55. The molecular weight excluding hydrogens is 234 g/mol. The lowest BCUT2D eigenvalue weighted by Crippen LogP contribution is -2.53. The summed E-state index contributed by atoms with van der Waals surface area (Å²) in [5.41, 5.74) is 0. The molecular formula is C12H23N3O3. The van der Waals surface area contributed by atoms with Crippen molar-refractivity contribution in [2.45, 2.75) is 19.4 Å². The molecule has 1 unspecified atom stereocenters. The van der Waals surface area contributed by atoms with Gasteiger partial charge in [-0.1, -0.05) is 0 Å². The van der Waals surface area contributed by atoms with Crippen LogP contribution in [-0.2, 0) is 9.59 Å². The SMILES string of the molecule is CC(C(=O)O)N1CCN(C(=O)CCN(C)C)CC1. The molecule has 104 valence electrons. The lowest BCUT2D eigenvalue weighted by molar-refractivity contribution is -0.144. The van der Waals surface area contributed by atoms with Crippen molar-refractivity contribution in [3.8, 4) is 0 Å². The summed E-state index contributed by atoms with van der Waals surface area (Å²) in [7, 11) is 3.89. The first-order valence-electron chi connectivity index (χ1n) is 6.31. The molecule has 1 rings (SSSR count). The number of carbonyl (C=O) groups excluding carboxylic acids is 1. The molecule has 0 aromatic heterocycles. The first kappa shape index (κ1) is 14.9. The second kappa shape index (κ2) is 6.70. The smallest absolute Gasteiger partial charge is 0.320 e. The molecule has 0 saturated carbocycles. The van der Waals surface area contributed by atoms with Gasteiger partial charge in [0.25, 0.3) is 0 Å². The summed E-state index contributed by atoms with van der Waals surface area (Å²) in [5, 5.41) is 8.93. The van der Waals surface area contributed by atoms with E-state index in [1.54, 1.807) is 6.92 Å². The number of nitrogens with zero attached hydrogens (tertiary/aromatic N) is 3. The molecule has 1 aliphatic heterocycles. The molecule has 18 heavy (non-hydrogen) atoms. The number of amides is 1. The summed E-state index contributed by atoms with van der Waals surface area (Å²) < 4.78 is 0. The number of hydrogen-bond acceptors (Lipinski definition) is 4. The number of hydrogen-bond donors (Lipinski definition) is 1. The summed E-state index contributed by atoms with van der Waals surface area (Å²) in [5.74, 6) is -0.645. The van der Waals surface area contributed by atoms with Crippen LogP contribution in [0.25, 0.3) is 0 Å². The molecule has 0 spiro atoms. The molecule has 0 aromatic carbocycles. The lowest BCUT2D eigenvalue weighted by Gasteiger charge is -2.36. The van der Waals surface area contributed by atoms with E-state index in [1.807, 2.05) is 28.8 Å². The molecule has 1 fully saturated rings. The molecule has 1 heterocycles. The minimum Gasteiger partial charge on any atom is -0.480 e. The Balaban J connectivity index is 2.35. The van der Waals surface area contributed by atoms with E-state index in [4.69, 9.17) is 5.11 Å². The largest absolute Gasteiger partial charge is 0.480 e. The monoisotopic (exact) mass is 257 g/mol. The van der Waals surface area contributed by atoms with Crippen molar-refractivity contribution < 1.29 is 14.7 Å². The van der Waals surface area contributed by atoms with Crippen molar-refractivity contribution in [3.05, 3.63) is 0 Å². The van der Waals surface area contributed by atoms with Crippen molar-refractivity contribution in [3.63, 3.8) is 0 Å². The fourth-order valence-corrected chi connectivity index (χ4v) is 1.99. The average molecular weight is 257 g/mol. The van der Waals surface area contributed by atoms with Crippen molar-refractivity contribution in [1.29, 1.82) is 0 Å². The second-order valence-corrected chi connectivity index (χ2v) is 4.98. The first-order valence-corrected chi connectivity index (χ1v) is 6.31. The van der Waals surface area contributed by atoms with Gasteiger partial charge >= 0.3 is 5.97 Å². The molecule has 0 radical (unpaired) electrons. The standard InChI is InChI=1S/C12H23N3O3/c1-10(12(17)18)14-6-8-15(9-7-14)11(16)4-5-13(2)3/h10H,4-9H2,1-3H3,(H,17,18). The Morgan fingerprint density at radius 1 is 1.22 bits per heavy atom. The predicted octanol–water partition coefficient (Wildman–Crippen LogP) is -0.445. The van der Waals surface area contributed by atoms with Gasteiger partial charge < -0.3 is 14.9 Å². The van der Waals surface area contributed by atoms with E-state index in [2.05, 4.69) is 0 Å². The number of aliphatic carboxylic acids is 1. The Labute approximate surface area is 108 Å². The zero-order chi connectivity index (χ0) is 13.7. The van der Waals surface area contributed by atoms with Crippen LogP contribution in [0.15, 0.2) is 0 Å². The van der Waals surface area contributed by atoms with Crippen molar-refractivity contribution in [2.24, 2.45) is 0 Å². The highest BCUT2D eigenvalue weighted by atomic mass is 16.4. The molecule has 1 saturated heterocycles. The van der Waals surface area contributed by atoms with Crippen molar-refractivity contribution in [1.82, 2.24) is 14.7 Å². The van der Waals surface area contributed by atoms with Gasteiger partial charge in [0, 0.05) is 39.1 Å². The van der Waals surface area contributed by atoms with Crippen LogP contribution in [-0.4, -0.2) is 84.5 Å². The van der Waals surface area contributed by atoms with Gasteiger partial charge in [-0.3, -0.25) is 14.5 Å². The van der Waals surface area contributed by atoms with E-state index in [0.29, 0.717) is 32.6 Å². The summed E-state index contributed by atoms with van der Waals surface area (Å²) in [4.78, 5) is 28.5.